The normalized spacial score (nSPS) is 24.5. The second-order valence-corrected chi connectivity index (χ2v) is 28.3. The summed E-state index contributed by atoms with van der Waals surface area (Å²) in [4.78, 5) is 96.8. The molecule has 9 aliphatic rings. The van der Waals surface area contributed by atoms with Gasteiger partial charge in [0.2, 0.25) is 11.8 Å². The zero-order valence-corrected chi connectivity index (χ0v) is 48.9. The molecule has 0 bridgehead atoms. The third-order valence-corrected chi connectivity index (χ3v) is 25.2. The van der Waals surface area contributed by atoms with E-state index in [4.69, 9.17) is 0 Å². The number of hydrogen-bond donors (Lipinski definition) is 14. The minimum absolute atomic E-state index is 0.420. The van der Waals surface area contributed by atoms with Crippen molar-refractivity contribution in [2.24, 2.45) is 45.3 Å². The number of hydrogen-bond acceptors (Lipinski definition) is 18. The molecule has 20 nitrogen and oxygen atoms in total. The third-order valence-electron chi connectivity index (χ3n) is 25.2. The fourth-order valence-corrected chi connectivity index (χ4v) is 22.0. The van der Waals surface area contributed by atoms with E-state index < -0.39 is 226 Å². The van der Waals surface area contributed by atoms with Crippen LogP contribution in [0.2, 0.25) is 0 Å². The molecule has 0 heterocycles. The van der Waals surface area contributed by atoms with Crippen LogP contribution in [0, 0.1) is 45.3 Å². The quantitative estimate of drug-likeness (QED) is 0.0238. The van der Waals surface area contributed by atoms with E-state index in [1.54, 1.807) is 0 Å². The summed E-state index contributed by atoms with van der Waals surface area (Å²) in [5.74, 6) is -11.4. The number of allylic oxidation sites excluding steroid dienone is 2. The van der Waals surface area contributed by atoms with E-state index in [2.05, 4.69) is 10.6 Å². The van der Waals surface area contributed by atoms with E-state index in [0.717, 1.165) is 97.3 Å². The number of carbonyl (C=O) groups is 6. The van der Waals surface area contributed by atoms with E-state index in [1.807, 2.05) is 36.4 Å². The van der Waals surface area contributed by atoms with Crippen LogP contribution in [-0.2, 0) is 34.2 Å². The lowest BCUT2D eigenvalue weighted by molar-refractivity contribution is -0.141. The molecule has 0 saturated heterocycles. The van der Waals surface area contributed by atoms with Crippen molar-refractivity contribution in [2.75, 3.05) is 79.3 Å². The second-order valence-electron chi connectivity index (χ2n) is 28.3. The van der Waals surface area contributed by atoms with Gasteiger partial charge in [0, 0.05) is 137 Å². The number of nitrogens with one attached hydrogen (secondary N) is 2. The highest BCUT2D eigenvalue weighted by Crippen LogP contribution is 2.98. The molecule has 10 aromatic carbocycles. The molecule has 6 atom stereocenters. The molecule has 3 fully saturated rings. The summed E-state index contributed by atoms with van der Waals surface area (Å²) in [6.45, 7) is -7.46. The van der Waals surface area contributed by atoms with Gasteiger partial charge in [-0.05, 0) is 152 Å². The lowest BCUT2D eigenvalue weighted by Crippen LogP contribution is -2.52. The average Bonchev–Trinajstić information content (AvgIpc) is 1.39. The van der Waals surface area contributed by atoms with Gasteiger partial charge >= 0.3 is 0 Å². The average molecular weight is 1230 g/mol. The van der Waals surface area contributed by atoms with Crippen molar-refractivity contribution < 1.29 is 90.0 Å². The molecule has 9 aliphatic carbocycles. The Morgan fingerprint density at radius 1 is 0.385 bits per heavy atom. The Labute approximate surface area is 513 Å². The number of fused-ring (bicyclic) bond motifs is 10. The summed E-state index contributed by atoms with van der Waals surface area (Å²) in [5.41, 5.74) is -3.07. The van der Waals surface area contributed by atoms with Crippen LogP contribution >= 0.6 is 0 Å². The number of aliphatic hydroxyl groups is 12. The van der Waals surface area contributed by atoms with Gasteiger partial charge < -0.3 is 71.9 Å². The van der Waals surface area contributed by atoms with Gasteiger partial charge in [-0.2, -0.15) is 0 Å². The Hall–Kier alpha value is -7.28. The van der Waals surface area contributed by atoms with Crippen LogP contribution in [0.3, 0.4) is 0 Å². The number of amides is 2. The number of benzene rings is 5. The Morgan fingerprint density at radius 2 is 0.758 bits per heavy atom. The molecule has 19 rings (SSSR count). The smallest absolute Gasteiger partial charge is 0.237 e. The van der Waals surface area contributed by atoms with Gasteiger partial charge in [0.1, 0.15) is 27.8 Å². The highest BCUT2D eigenvalue weighted by molar-refractivity contribution is 6.61. The zero-order chi connectivity index (χ0) is 62.9. The summed E-state index contributed by atoms with van der Waals surface area (Å²) in [7, 11) is 0. The first-order valence-electron chi connectivity index (χ1n) is 31.7. The van der Waals surface area contributed by atoms with Crippen molar-refractivity contribution >= 4 is 150 Å². The lowest BCUT2D eigenvalue weighted by atomic mass is 9.60. The Balaban J connectivity index is 1.03. The standard InChI is InChI=1S/C71H62N2O18/c74-11-23(12-75)7-33(86)69(34(87)8-24(13-76)14-77)61-41-29-1-2-30-38-37(29)45-49(41)51-43(62(61)69)31-3-5-67-59-39(31)47(51)55-53(45)54-46(38)50-42(30)63-64(70(63,65(90)72-27(19-82)20-83)66(91)73-28(21-84)22-85)44-32-4-6-68(67,60-40(32)48(52(44)50)56(54)57(55)58(59)60)71(67,35(88)9-25(15-78)16-79)36(89)10-26(17-80)18-81/h1-6,23-28,59-60,63-64,74-85H,7-22H2,(H,72,90)(H,73,91). The molecular weight excluding hydrogens is 1170 g/mol. The Kier molecular flexibility index (Phi) is 10.5. The summed E-state index contributed by atoms with van der Waals surface area (Å²) in [6, 6.07) is 1.50. The first-order chi connectivity index (χ1) is 44.1. The van der Waals surface area contributed by atoms with Gasteiger partial charge in [0.05, 0.1) is 38.5 Å². The van der Waals surface area contributed by atoms with Crippen molar-refractivity contribution in [1.29, 1.82) is 0 Å². The predicted molar refractivity (Wildman–Crippen MR) is 331 cm³/mol. The van der Waals surface area contributed by atoms with Crippen LogP contribution in [0.4, 0.5) is 0 Å². The van der Waals surface area contributed by atoms with Crippen molar-refractivity contribution in [3.8, 4) is 0 Å². The Bertz CT molecular complexity index is 5100. The van der Waals surface area contributed by atoms with Crippen molar-refractivity contribution in [3.05, 3.63) is 74.0 Å². The van der Waals surface area contributed by atoms with E-state index >= 15 is 28.8 Å². The fraction of sp³-hybridized carbons (Fsp3) is 0.437. The topological polar surface area (TPSA) is 369 Å². The van der Waals surface area contributed by atoms with Gasteiger partial charge in [-0.25, -0.2) is 0 Å². The molecule has 6 unspecified atom stereocenters. The van der Waals surface area contributed by atoms with E-state index in [1.165, 1.54) is 0 Å². The maximum absolute atomic E-state index is 16.5. The van der Waals surface area contributed by atoms with Gasteiger partial charge in [0.15, 0.2) is 11.6 Å². The summed E-state index contributed by atoms with van der Waals surface area (Å²) in [5, 5.41) is 149. The lowest BCUT2D eigenvalue weighted by Gasteiger charge is -2.40. The zero-order valence-electron chi connectivity index (χ0n) is 48.9. The van der Waals surface area contributed by atoms with Crippen LogP contribution in [0.15, 0.2) is 24.3 Å². The molecule has 3 saturated carbocycles. The summed E-state index contributed by atoms with van der Waals surface area (Å²) >= 11 is 0. The molecule has 14 N–H and O–H groups in total. The predicted octanol–water partition coefficient (Wildman–Crippen LogP) is 0.755. The molecule has 0 radical (unpaired) electrons. The molecule has 10 aromatic rings. The van der Waals surface area contributed by atoms with Gasteiger partial charge in [-0.3, -0.25) is 28.8 Å². The molecular formula is C71H62N2O18. The van der Waals surface area contributed by atoms with E-state index in [9.17, 15) is 61.3 Å². The van der Waals surface area contributed by atoms with Gasteiger partial charge in [0.25, 0.3) is 0 Å². The van der Waals surface area contributed by atoms with Crippen LogP contribution < -0.4 is 15.9 Å². The number of rotatable bonds is 28. The maximum Gasteiger partial charge on any atom is 0.237 e. The van der Waals surface area contributed by atoms with Crippen LogP contribution in [0.1, 0.15) is 93.9 Å². The molecule has 464 valence electrons. The molecule has 2 amide bonds. The highest BCUT2D eigenvalue weighted by Gasteiger charge is 2.98. The minimum atomic E-state index is -2.08. The van der Waals surface area contributed by atoms with E-state index in [0.29, 0.717) is 54.9 Å². The number of Topliss-reactive ketones (excluding diaryl/α,β-unsaturated/α-hetero) is 4. The monoisotopic (exact) mass is 1230 g/mol. The second kappa shape index (κ2) is 17.3. The van der Waals surface area contributed by atoms with E-state index in [-0.39, 0.29) is 0 Å². The van der Waals surface area contributed by atoms with Crippen LogP contribution in [0.5, 0.6) is 0 Å². The molecule has 0 aromatic heterocycles. The third kappa shape index (κ3) is 5.18. The van der Waals surface area contributed by atoms with Crippen molar-refractivity contribution in [3.63, 3.8) is 0 Å². The highest BCUT2D eigenvalue weighted by atomic mass is 16.3. The number of aliphatic hydroxyl groups excluding tert-OH is 12. The first kappa shape index (κ1) is 55.4. The summed E-state index contributed by atoms with van der Waals surface area (Å²) in [6.07, 6.45) is 6.05. The molecule has 91 heavy (non-hydrogen) atoms. The number of carbonyl (C=O) groups excluding carboxylic acids is 6. The van der Waals surface area contributed by atoms with Crippen LogP contribution in [-0.4, -0.2) is 188 Å². The molecule has 2 spiro atoms. The minimum Gasteiger partial charge on any atom is -0.396 e. The van der Waals surface area contributed by atoms with Gasteiger partial charge in [-0.15, -0.1) is 0 Å². The van der Waals surface area contributed by atoms with Crippen molar-refractivity contribution in [1.82, 2.24) is 10.6 Å². The van der Waals surface area contributed by atoms with Crippen LogP contribution in [0.25, 0.3) is 115 Å². The largest absolute Gasteiger partial charge is 0.396 e. The SMILES string of the molecule is O=C(CC(CO)CO)C1(C(=O)CC(CO)CO)c2c1c1c3ccc4c5c6c7c(c8c9c7c7c%10c%11c%12c%13c(c2c%12c1c1c3c4c6c7c%111)C=CC12C%13C=%10C9C1(C=C8)C2(C(=O)CC(CO)CO)C(=O)CC(CO)CO)C1C5C1(C(=O)NC(CO)CO)C(=O)NC(CO)CO. The molecule has 20 heteroatoms. The number of ketones is 4. The maximum atomic E-state index is 16.5. The van der Waals surface area contributed by atoms with Gasteiger partial charge in [-0.1, -0.05) is 36.4 Å². The van der Waals surface area contributed by atoms with Crippen molar-refractivity contribution in [2.45, 2.75) is 66.9 Å². The summed E-state index contributed by atoms with van der Waals surface area (Å²) < 4.78 is 0. The molecule has 0 aliphatic heterocycles. The Morgan fingerprint density at radius 3 is 1.26 bits per heavy atom. The first-order valence-corrected chi connectivity index (χ1v) is 31.7. The fourth-order valence-electron chi connectivity index (χ4n) is 22.0.